The van der Waals surface area contributed by atoms with E-state index in [4.69, 9.17) is 4.74 Å². The molecule has 1 aromatic rings. The van der Waals surface area contributed by atoms with E-state index in [2.05, 4.69) is 0 Å². The minimum Gasteiger partial charge on any atom is -0.481 e. The number of amides is 1. The maximum absolute atomic E-state index is 12.9. The van der Waals surface area contributed by atoms with Gasteiger partial charge in [0.25, 0.3) is 5.91 Å². The molecule has 1 aliphatic heterocycles. The second-order valence-corrected chi connectivity index (χ2v) is 7.52. The van der Waals surface area contributed by atoms with E-state index in [1.165, 1.54) is 12.8 Å². The lowest BCUT2D eigenvalue weighted by Crippen LogP contribution is -2.51. The second kappa shape index (κ2) is 8.21. The number of nitrogens with zero attached hydrogens (tertiary/aromatic N) is 1. The van der Waals surface area contributed by atoms with Crippen molar-refractivity contribution in [2.24, 2.45) is 0 Å². The zero-order chi connectivity index (χ0) is 18.6. The van der Waals surface area contributed by atoms with Crippen LogP contribution in [0.25, 0.3) is 0 Å². The summed E-state index contributed by atoms with van der Waals surface area (Å²) in [5.41, 5.74) is -0.0691. The fourth-order valence-electron chi connectivity index (χ4n) is 4.28. The van der Waals surface area contributed by atoms with Gasteiger partial charge in [0.05, 0.1) is 11.5 Å². The van der Waals surface area contributed by atoms with Crippen molar-refractivity contribution in [3.8, 4) is 0 Å². The van der Waals surface area contributed by atoms with Gasteiger partial charge in [-0.25, -0.2) is 0 Å². The number of carbonyl (C=O) groups excluding carboxylic acids is 1. The molecule has 2 aliphatic rings. The van der Waals surface area contributed by atoms with E-state index in [9.17, 15) is 14.7 Å². The Kier molecular flexibility index (Phi) is 5.97. The number of piperidine rings is 1. The average Bonchev–Trinajstić information content (AvgIpc) is 3.19. The molecule has 1 aliphatic carbocycles. The number of carbonyl (C=O) groups is 2. The van der Waals surface area contributed by atoms with Crippen LogP contribution in [-0.2, 0) is 19.7 Å². The summed E-state index contributed by atoms with van der Waals surface area (Å²) in [6, 6.07) is 9.40. The molecule has 1 aromatic carbocycles. The van der Waals surface area contributed by atoms with Crippen molar-refractivity contribution in [1.29, 1.82) is 0 Å². The third-order valence-electron chi connectivity index (χ3n) is 5.97. The summed E-state index contributed by atoms with van der Waals surface area (Å²) in [4.78, 5) is 26.7. The van der Waals surface area contributed by atoms with Gasteiger partial charge in [0.2, 0.25) is 0 Å². The Morgan fingerprint density at radius 2 is 1.81 bits per heavy atom. The Balaban J connectivity index is 1.66. The van der Waals surface area contributed by atoms with Crippen LogP contribution in [0.4, 0.5) is 0 Å². The molecule has 5 heteroatoms. The van der Waals surface area contributed by atoms with E-state index in [-0.39, 0.29) is 12.0 Å². The first-order chi connectivity index (χ1) is 12.6. The highest BCUT2D eigenvalue weighted by Gasteiger charge is 2.44. The Bertz CT molecular complexity index is 616. The topological polar surface area (TPSA) is 66.8 Å². The summed E-state index contributed by atoms with van der Waals surface area (Å²) < 4.78 is 6.05. The maximum atomic E-state index is 12.9. The van der Waals surface area contributed by atoms with Crippen LogP contribution in [0.5, 0.6) is 0 Å². The highest BCUT2D eigenvalue weighted by Crippen LogP contribution is 2.36. The van der Waals surface area contributed by atoms with Gasteiger partial charge in [0.15, 0.2) is 0 Å². The lowest BCUT2D eigenvalue weighted by molar-refractivity contribution is -0.154. The molecule has 5 nitrogen and oxygen atoms in total. The predicted molar refractivity (Wildman–Crippen MR) is 99.0 cm³/mol. The molecule has 0 aromatic heterocycles. The van der Waals surface area contributed by atoms with Crippen molar-refractivity contribution in [3.63, 3.8) is 0 Å². The molecule has 1 unspecified atom stereocenters. The van der Waals surface area contributed by atoms with Gasteiger partial charge < -0.3 is 14.7 Å². The summed E-state index contributed by atoms with van der Waals surface area (Å²) in [5, 5.41) is 9.88. The fraction of sp³-hybridized carbons (Fsp3) is 0.619. The molecule has 2 fully saturated rings. The first kappa shape index (κ1) is 18.9. The lowest BCUT2D eigenvalue weighted by atomic mass is 9.73. The summed E-state index contributed by atoms with van der Waals surface area (Å²) in [6.45, 7) is 2.90. The number of hydrogen-bond acceptors (Lipinski definition) is 3. The minimum atomic E-state index is -0.897. The monoisotopic (exact) mass is 359 g/mol. The van der Waals surface area contributed by atoms with E-state index >= 15 is 0 Å². The first-order valence-electron chi connectivity index (χ1n) is 9.80. The highest BCUT2D eigenvalue weighted by molar-refractivity contribution is 5.84. The Morgan fingerprint density at radius 3 is 2.35 bits per heavy atom. The van der Waals surface area contributed by atoms with Gasteiger partial charge in [0.1, 0.15) is 6.10 Å². The standard InChI is InChI=1S/C21H29NO4/c1-2-18(26-17-10-6-7-11-17)19(23)22-14-12-21(13-15-22,20(24)25)16-8-4-3-5-9-16/h3-5,8-9,17-18H,2,6-7,10-15H2,1H3,(H,24,25). The molecule has 1 saturated carbocycles. The predicted octanol–water partition coefficient (Wildman–Crippen LogP) is 3.37. The van der Waals surface area contributed by atoms with Gasteiger partial charge in [-0.2, -0.15) is 0 Å². The molecular weight excluding hydrogens is 330 g/mol. The van der Waals surface area contributed by atoms with Gasteiger partial charge in [-0.15, -0.1) is 0 Å². The van der Waals surface area contributed by atoms with E-state index in [1.54, 1.807) is 4.90 Å². The number of carboxylic acid groups (broad SMARTS) is 1. The molecule has 1 atom stereocenters. The van der Waals surface area contributed by atoms with Crippen LogP contribution >= 0.6 is 0 Å². The van der Waals surface area contributed by atoms with E-state index < -0.39 is 17.5 Å². The van der Waals surface area contributed by atoms with Crippen molar-refractivity contribution >= 4 is 11.9 Å². The summed E-state index contributed by atoms with van der Waals surface area (Å²) in [5.74, 6) is -0.781. The average molecular weight is 359 g/mol. The van der Waals surface area contributed by atoms with Gasteiger partial charge in [-0.3, -0.25) is 9.59 Å². The normalized spacial score (nSPS) is 21.5. The number of ether oxygens (including phenoxy) is 1. The molecule has 1 N–H and O–H groups in total. The van der Waals surface area contributed by atoms with Gasteiger partial charge in [-0.05, 0) is 37.7 Å². The molecular formula is C21H29NO4. The Labute approximate surface area is 155 Å². The Morgan fingerprint density at radius 1 is 1.19 bits per heavy atom. The number of carboxylic acids is 1. The number of rotatable bonds is 6. The van der Waals surface area contributed by atoms with Crippen molar-refractivity contribution < 1.29 is 19.4 Å². The second-order valence-electron chi connectivity index (χ2n) is 7.52. The molecule has 1 amide bonds. The van der Waals surface area contributed by atoms with Crippen LogP contribution < -0.4 is 0 Å². The molecule has 1 heterocycles. The maximum Gasteiger partial charge on any atom is 0.314 e. The number of hydrogen-bond donors (Lipinski definition) is 1. The van der Waals surface area contributed by atoms with Gasteiger partial charge >= 0.3 is 5.97 Å². The molecule has 0 radical (unpaired) electrons. The molecule has 142 valence electrons. The lowest BCUT2D eigenvalue weighted by Gasteiger charge is -2.40. The van der Waals surface area contributed by atoms with Crippen LogP contribution in [0.15, 0.2) is 30.3 Å². The van der Waals surface area contributed by atoms with E-state index in [0.29, 0.717) is 32.4 Å². The molecule has 1 saturated heterocycles. The molecule has 3 rings (SSSR count). The zero-order valence-electron chi connectivity index (χ0n) is 15.5. The van der Waals surface area contributed by atoms with Crippen LogP contribution in [-0.4, -0.2) is 47.2 Å². The minimum absolute atomic E-state index is 0.0199. The summed E-state index contributed by atoms with van der Waals surface area (Å²) in [6.07, 6.45) is 5.79. The van der Waals surface area contributed by atoms with Crippen molar-refractivity contribution in [1.82, 2.24) is 4.90 Å². The summed E-state index contributed by atoms with van der Waals surface area (Å²) >= 11 is 0. The molecule has 26 heavy (non-hydrogen) atoms. The smallest absolute Gasteiger partial charge is 0.314 e. The van der Waals surface area contributed by atoms with Crippen molar-refractivity contribution in [3.05, 3.63) is 35.9 Å². The Hall–Kier alpha value is -1.88. The van der Waals surface area contributed by atoms with Crippen LogP contribution in [0.3, 0.4) is 0 Å². The number of benzene rings is 1. The third-order valence-corrected chi connectivity index (χ3v) is 5.97. The molecule has 0 spiro atoms. The number of likely N-dealkylation sites (tertiary alicyclic amines) is 1. The van der Waals surface area contributed by atoms with Crippen LogP contribution in [0, 0.1) is 0 Å². The van der Waals surface area contributed by atoms with E-state index in [1.807, 2.05) is 37.3 Å². The highest BCUT2D eigenvalue weighted by atomic mass is 16.5. The van der Waals surface area contributed by atoms with Crippen LogP contribution in [0.1, 0.15) is 57.4 Å². The zero-order valence-corrected chi connectivity index (χ0v) is 15.5. The summed E-state index contributed by atoms with van der Waals surface area (Å²) in [7, 11) is 0. The number of aliphatic carboxylic acids is 1. The van der Waals surface area contributed by atoms with Crippen LogP contribution in [0.2, 0.25) is 0 Å². The van der Waals surface area contributed by atoms with Crippen molar-refractivity contribution in [2.75, 3.05) is 13.1 Å². The first-order valence-corrected chi connectivity index (χ1v) is 9.80. The third kappa shape index (κ3) is 3.78. The van der Waals surface area contributed by atoms with Gasteiger partial charge in [-0.1, -0.05) is 50.1 Å². The quantitative estimate of drug-likeness (QED) is 0.846. The van der Waals surface area contributed by atoms with E-state index in [0.717, 1.165) is 18.4 Å². The fourth-order valence-corrected chi connectivity index (χ4v) is 4.28. The SMILES string of the molecule is CCC(OC1CCCC1)C(=O)N1CCC(C(=O)O)(c2ccccc2)CC1. The molecule has 0 bridgehead atoms. The van der Waals surface area contributed by atoms with Crippen molar-refractivity contribution in [2.45, 2.75) is 69.5 Å². The van der Waals surface area contributed by atoms with Gasteiger partial charge in [0, 0.05) is 13.1 Å². The largest absolute Gasteiger partial charge is 0.481 e.